The van der Waals surface area contributed by atoms with Gasteiger partial charge in [0.05, 0.1) is 27.8 Å². The molecular weight excluding hydrogens is 462 g/mol. The second kappa shape index (κ2) is 10.5. The molecule has 0 aliphatic carbocycles. The van der Waals surface area contributed by atoms with Gasteiger partial charge in [-0.3, -0.25) is 9.69 Å². The number of benzene rings is 2. The number of nitrogens with two attached hydrogens (primary N) is 1. The summed E-state index contributed by atoms with van der Waals surface area (Å²) in [5.41, 5.74) is 8.18. The van der Waals surface area contributed by atoms with E-state index in [4.69, 9.17) is 17.3 Å². The lowest BCUT2D eigenvalue weighted by Gasteiger charge is -2.32. The van der Waals surface area contributed by atoms with E-state index in [0.717, 1.165) is 31.7 Å². The van der Waals surface area contributed by atoms with Crippen LogP contribution < -0.4 is 11.1 Å². The maximum absolute atomic E-state index is 12.9. The van der Waals surface area contributed by atoms with Crippen LogP contribution in [0.15, 0.2) is 35.2 Å². The SMILES string of the molecule is CCS(=O)(=O)c1ccc(Cl)cc1CNC(=O)c1cc(C#N)c(CN2CCN(C)CC2)cc1N. The van der Waals surface area contributed by atoms with Gasteiger partial charge in [0.1, 0.15) is 0 Å². The Labute approximate surface area is 199 Å². The second-order valence-electron chi connectivity index (χ2n) is 8.13. The summed E-state index contributed by atoms with van der Waals surface area (Å²) in [5, 5.41) is 12.7. The van der Waals surface area contributed by atoms with Crippen molar-refractivity contribution in [3.63, 3.8) is 0 Å². The number of rotatable bonds is 7. The molecule has 0 spiro atoms. The average Bonchev–Trinajstić information content (AvgIpc) is 2.79. The van der Waals surface area contributed by atoms with Crippen LogP contribution in [0.25, 0.3) is 0 Å². The first-order chi connectivity index (χ1) is 15.6. The third-order valence-corrected chi connectivity index (χ3v) is 7.87. The highest BCUT2D eigenvalue weighted by Crippen LogP contribution is 2.24. The Bertz CT molecular complexity index is 1190. The first-order valence-corrected chi connectivity index (χ1v) is 12.7. The molecule has 33 heavy (non-hydrogen) atoms. The average molecular weight is 490 g/mol. The molecule has 3 rings (SSSR count). The van der Waals surface area contributed by atoms with Gasteiger partial charge in [-0.05, 0) is 48.5 Å². The minimum Gasteiger partial charge on any atom is -0.398 e. The lowest BCUT2D eigenvalue weighted by Crippen LogP contribution is -2.44. The van der Waals surface area contributed by atoms with E-state index in [1.54, 1.807) is 13.0 Å². The number of hydrogen-bond donors (Lipinski definition) is 2. The molecule has 176 valence electrons. The number of likely N-dealkylation sites (N-methyl/N-ethyl adjacent to an activating group) is 1. The summed E-state index contributed by atoms with van der Waals surface area (Å²) in [6, 6.07) is 9.81. The molecule has 2 aromatic rings. The third kappa shape index (κ3) is 6.03. The van der Waals surface area contributed by atoms with Crippen molar-refractivity contribution in [2.24, 2.45) is 0 Å². The van der Waals surface area contributed by atoms with Gasteiger partial charge in [-0.1, -0.05) is 18.5 Å². The normalized spacial score (nSPS) is 15.2. The van der Waals surface area contributed by atoms with Crippen molar-refractivity contribution in [1.29, 1.82) is 5.26 Å². The number of nitrogens with one attached hydrogen (secondary N) is 1. The van der Waals surface area contributed by atoms with E-state index in [9.17, 15) is 18.5 Å². The molecule has 3 N–H and O–H groups in total. The van der Waals surface area contributed by atoms with Crippen LogP contribution in [-0.2, 0) is 22.9 Å². The number of amides is 1. The van der Waals surface area contributed by atoms with Crippen LogP contribution in [0.5, 0.6) is 0 Å². The van der Waals surface area contributed by atoms with Crippen LogP contribution in [0.4, 0.5) is 5.69 Å². The zero-order valence-corrected chi connectivity index (χ0v) is 20.3. The highest BCUT2D eigenvalue weighted by molar-refractivity contribution is 7.91. The number of piperazine rings is 1. The Kier molecular flexibility index (Phi) is 7.97. The minimum absolute atomic E-state index is 0.0433. The highest BCUT2D eigenvalue weighted by Gasteiger charge is 2.20. The number of halogens is 1. The van der Waals surface area contributed by atoms with Crippen LogP contribution in [0.3, 0.4) is 0 Å². The summed E-state index contributed by atoms with van der Waals surface area (Å²) in [4.78, 5) is 17.5. The fourth-order valence-electron chi connectivity index (χ4n) is 3.76. The number of anilines is 1. The molecular formula is C23H28ClN5O3S. The van der Waals surface area contributed by atoms with E-state index in [-0.39, 0.29) is 28.4 Å². The number of nitrogens with zero attached hydrogens (tertiary/aromatic N) is 3. The van der Waals surface area contributed by atoms with Gasteiger partial charge in [-0.25, -0.2) is 8.42 Å². The molecule has 1 fully saturated rings. The van der Waals surface area contributed by atoms with E-state index >= 15 is 0 Å². The minimum atomic E-state index is -3.49. The summed E-state index contributed by atoms with van der Waals surface area (Å²) < 4.78 is 24.8. The van der Waals surface area contributed by atoms with Gasteiger partial charge >= 0.3 is 0 Å². The molecule has 1 heterocycles. The quantitative estimate of drug-likeness (QED) is 0.572. The van der Waals surface area contributed by atoms with E-state index in [0.29, 0.717) is 22.7 Å². The number of carbonyl (C=O) groups is 1. The van der Waals surface area contributed by atoms with Crippen molar-refractivity contribution in [1.82, 2.24) is 15.1 Å². The van der Waals surface area contributed by atoms with Crippen LogP contribution >= 0.6 is 11.6 Å². The van der Waals surface area contributed by atoms with Gasteiger partial charge in [0.25, 0.3) is 5.91 Å². The largest absolute Gasteiger partial charge is 0.398 e. The maximum Gasteiger partial charge on any atom is 0.253 e. The van der Waals surface area contributed by atoms with E-state index in [2.05, 4.69) is 28.2 Å². The van der Waals surface area contributed by atoms with Crippen molar-refractivity contribution in [2.45, 2.75) is 24.9 Å². The monoisotopic (exact) mass is 489 g/mol. The van der Waals surface area contributed by atoms with Crippen molar-refractivity contribution < 1.29 is 13.2 Å². The van der Waals surface area contributed by atoms with E-state index < -0.39 is 15.7 Å². The van der Waals surface area contributed by atoms with Crippen molar-refractivity contribution in [3.05, 3.63) is 57.6 Å². The van der Waals surface area contributed by atoms with Crippen molar-refractivity contribution in [2.75, 3.05) is 44.7 Å². The number of nitrogen functional groups attached to an aromatic ring is 1. The van der Waals surface area contributed by atoms with Gasteiger partial charge in [-0.15, -0.1) is 0 Å². The van der Waals surface area contributed by atoms with E-state index in [1.807, 2.05) is 0 Å². The summed E-state index contributed by atoms with van der Waals surface area (Å²) in [6.07, 6.45) is 0. The third-order valence-electron chi connectivity index (χ3n) is 5.81. The Morgan fingerprint density at radius 3 is 2.52 bits per heavy atom. The van der Waals surface area contributed by atoms with Crippen LogP contribution in [0.1, 0.15) is 34.0 Å². The molecule has 0 aromatic heterocycles. The van der Waals surface area contributed by atoms with Crippen LogP contribution in [-0.4, -0.2) is 63.1 Å². The number of nitriles is 1. The molecule has 1 aliphatic heterocycles. The van der Waals surface area contributed by atoms with Crippen molar-refractivity contribution >= 4 is 33.0 Å². The van der Waals surface area contributed by atoms with Crippen molar-refractivity contribution in [3.8, 4) is 6.07 Å². The molecule has 1 aliphatic rings. The van der Waals surface area contributed by atoms with Gasteiger partial charge < -0.3 is 16.0 Å². The fraction of sp³-hybridized carbons (Fsp3) is 0.391. The first-order valence-electron chi connectivity index (χ1n) is 10.7. The Balaban J connectivity index is 1.79. The molecule has 10 heteroatoms. The van der Waals surface area contributed by atoms with Gasteiger partial charge in [0, 0.05) is 50.0 Å². The number of carbonyl (C=O) groups excluding carboxylic acids is 1. The zero-order valence-electron chi connectivity index (χ0n) is 18.8. The Morgan fingerprint density at radius 1 is 1.18 bits per heavy atom. The lowest BCUT2D eigenvalue weighted by atomic mass is 10.0. The summed E-state index contributed by atoms with van der Waals surface area (Å²) in [5.74, 6) is -0.557. The molecule has 1 amide bonds. The molecule has 1 saturated heterocycles. The van der Waals surface area contributed by atoms with Gasteiger partial charge in [0.2, 0.25) is 0 Å². The molecule has 0 atom stereocenters. The maximum atomic E-state index is 12.9. The molecule has 0 bridgehead atoms. The zero-order chi connectivity index (χ0) is 24.2. The fourth-order valence-corrected chi connectivity index (χ4v) is 5.07. The number of sulfone groups is 1. The topological polar surface area (TPSA) is 120 Å². The summed E-state index contributed by atoms with van der Waals surface area (Å²) in [6.45, 7) is 5.80. The summed E-state index contributed by atoms with van der Waals surface area (Å²) in [7, 11) is -1.41. The van der Waals surface area contributed by atoms with E-state index in [1.165, 1.54) is 24.3 Å². The molecule has 2 aromatic carbocycles. The second-order valence-corrected chi connectivity index (χ2v) is 10.8. The van der Waals surface area contributed by atoms with Gasteiger partial charge in [-0.2, -0.15) is 5.26 Å². The lowest BCUT2D eigenvalue weighted by molar-refractivity contribution is 0.0951. The Hall–Kier alpha value is -2.64. The molecule has 8 nitrogen and oxygen atoms in total. The molecule has 0 saturated carbocycles. The summed E-state index contributed by atoms with van der Waals surface area (Å²) >= 11 is 6.04. The predicted octanol–water partition coefficient (Wildman–Crippen LogP) is 2.26. The van der Waals surface area contributed by atoms with Crippen LogP contribution in [0.2, 0.25) is 5.02 Å². The Morgan fingerprint density at radius 2 is 1.88 bits per heavy atom. The number of hydrogen-bond acceptors (Lipinski definition) is 7. The van der Waals surface area contributed by atoms with Gasteiger partial charge in [0.15, 0.2) is 9.84 Å². The molecule has 0 unspecified atom stereocenters. The molecule has 0 radical (unpaired) electrons. The first kappa shape index (κ1) is 25.0. The van der Waals surface area contributed by atoms with Crippen LogP contribution in [0, 0.1) is 11.3 Å². The standard InChI is InChI=1S/C23H28ClN5O3S/c1-3-33(31,32)22-5-4-19(24)10-17(22)14-27-23(30)20-11-16(13-25)18(12-21(20)26)15-29-8-6-28(2)7-9-29/h4-5,10-12H,3,6-9,14-15,26H2,1-2H3,(H,27,30). The predicted molar refractivity (Wildman–Crippen MR) is 129 cm³/mol. The smallest absolute Gasteiger partial charge is 0.253 e. The highest BCUT2D eigenvalue weighted by atomic mass is 35.5.